The zero-order valence-electron chi connectivity index (χ0n) is 14.4. The van der Waals surface area contributed by atoms with Crippen LogP contribution in [0.3, 0.4) is 0 Å². The van der Waals surface area contributed by atoms with Gasteiger partial charge in [-0.1, -0.05) is 12.1 Å². The van der Waals surface area contributed by atoms with Gasteiger partial charge in [0.2, 0.25) is 0 Å². The van der Waals surface area contributed by atoms with Crippen LogP contribution in [0.15, 0.2) is 36.4 Å². The van der Waals surface area contributed by atoms with Gasteiger partial charge in [0.15, 0.2) is 11.5 Å². The summed E-state index contributed by atoms with van der Waals surface area (Å²) in [4.78, 5) is 12.6. The molecule has 1 saturated heterocycles. The molecule has 6 nitrogen and oxygen atoms in total. The van der Waals surface area contributed by atoms with Crippen LogP contribution in [-0.4, -0.2) is 26.8 Å². The lowest BCUT2D eigenvalue weighted by Gasteiger charge is -2.29. The lowest BCUT2D eigenvalue weighted by atomic mass is 9.81. The van der Waals surface area contributed by atoms with E-state index in [1.807, 2.05) is 0 Å². The second kappa shape index (κ2) is 6.26. The number of esters is 1. The quantitative estimate of drug-likeness (QED) is 0.791. The number of ether oxygens (including phenoxy) is 4. The first kappa shape index (κ1) is 16.3. The van der Waals surface area contributed by atoms with E-state index in [2.05, 4.69) is 6.07 Å². The maximum absolute atomic E-state index is 12.6. The van der Waals surface area contributed by atoms with Crippen LogP contribution in [0.25, 0.3) is 0 Å². The number of benzene rings is 2. The van der Waals surface area contributed by atoms with E-state index >= 15 is 0 Å². The van der Waals surface area contributed by atoms with Gasteiger partial charge in [-0.25, -0.2) is 0 Å². The van der Waals surface area contributed by atoms with E-state index < -0.39 is 12.0 Å². The minimum Gasteiger partial charge on any atom is -0.493 e. The molecule has 2 aromatic rings. The largest absolute Gasteiger partial charge is 0.493 e. The standard InChI is InChI=1S/C20H17NO5/c1-23-16-7-13-15(8-17(16)24-2)25-10-14-18(20(22)26-19(13)14)12-5-3-11(9-21)4-6-12/h3-8,14,18-19H,10H2,1-2H3/t14-,18-,19-/m0/s1. The summed E-state index contributed by atoms with van der Waals surface area (Å²) in [6.45, 7) is 0.365. The van der Waals surface area contributed by atoms with E-state index in [0.717, 1.165) is 11.1 Å². The predicted molar refractivity (Wildman–Crippen MR) is 91.3 cm³/mol. The summed E-state index contributed by atoms with van der Waals surface area (Å²) < 4.78 is 22.3. The Morgan fingerprint density at radius 2 is 1.81 bits per heavy atom. The van der Waals surface area contributed by atoms with E-state index in [1.54, 1.807) is 50.6 Å². The number of fused-ring (bicyclic) bond motifs is 3. The van der Waals surface area contributed by atoms with Crippen molar-refractivity contribution in [3.8, 4) is 23.3 Å². The minimum absolute atomic E-state index is 0.138. The van der Waals surface area contributed by atoms with Crippen LogP contribution in [0.2, 0.25) is 0 Å². The molecule has 0 saturated carbocycles. The van der Waals surface area contributed by atoms with Crippen molar-refractivity contribution in [3.05, 3.63) is 53.1 Å². The van der Waals surface area contributed by atoms with Crippen molar-refractivity contribution in [1.82, 2.24) is 0 Å². The van der Waals surface area contributed by atoms with Crippen LogP contribution in [0.4, 0.5) is 0 Å². The molecule has 2 aliphatic heterocycles. The van der Waals surface area contributed by atoms with Crippen molar-refractivity contribution >= 4 is 5.97 Å². The number of carbonyl (C=O) groups excluding carboxylic acids is 1. The Labute approximate surface area is 150 Å². The second-order valence-corrected chi connectivity index (χ2v) is 6.29. The molecular formula is C20H17NO5. The molecule has 4 rings (SSSR count). The molecule has 0 radical (unpaired) electrons. The maximum Gasteiger partial charge on any atom is 0.314 e. The molecule has 3 atom stereocenters. The highest BCUT2D eigenvalue weighted by Crippen LogP contribution is 2.51. The van der Waals surface area contributed by atoms with E-state index in [4.69, 9.17) is 24.2 Å². The number of carbonyl (C=O) groups is 1. The second-order valence-electron chi connectivity index (χ2n) is 6.29. The Kier molecular flexibility index (Phi) is 3.92. The van der Waals surface area contributed by atoms with Crippen LogP contribution >= 0.6 is 0 Å². The van der Waals surface area contributed by atoms with Crippen molar-refractivity contribution in [1.29, 1.82) is 5.26 Å². The van der Waals surface area contributed by atoms with Crippen molar-refractivity contribution in [3.63, 3.8) is 0 Å². The Hall–Kier alpha value is -3.20. The van der Waals surface area contributed by atoms with Gasteiger partial charge in [-0.3, -0.25) is 4.79 Å². The Balaban J connectivity index is 1.71. The van der Waals surface area contributed by atoms with Crippen LogP contribution < -0.4 is 14.2 Å². The van der Waals surface area contributed by atoms with Gasteiger partial charge in [-0.05, 0) is 23.8 Å². The summed E-state index contributed by atoms with van der Waals surface area (Å²) >= 11 is 0. The number of methoxy groups -OCH3 is 2. The Bertz CT molecular complexity index is 900. The SMILES string of the molecule is COc1cc2c(cc1OC)[C@@H]1OC(=O)[C@@H](c3ccc(C#N)cc3)[C@@H]1CO2. The first-order valence-electron chi connectivity index (χ1n) is 8.25. The molecule has 0 spiro atoms. The highest BCUT2D eigenvalue weighted by molar-refractivity contribution is 5.82. The Morgan fingerprint density at radius 3 is 2.46 bits per heavy atom. The molecule has 0 bridgehead atoms. The molecule has 6 heteroatoms. The smallest absolute Gasteiger partial charge is 0.314 e. The molecular weight excluding hydrogens is 334 g/mol. The predicted octanol–water partition coefficient (Wildman–Crippen LogP) is 2.97. The van der Waals surface area contributed by atoms with Crippen LogP contribution in [0.5, 0.6) is 17.2 Å². The fourth-order valence-corrected chi connectivity index (χ4v) is 3.67. The average molecular weight is 351 g/mol. The summed E-state index contributed by atoms with van der Waals surface area (Å²) in [5.41, 5.74) is 2.16. The molecule has 2 aromatic carbocycles. The molecule has 26 heavy (non-hydrogen) atoms. The molecule has 0 unspecified atom stereocenters. The molecule has 0 amide bonds. The average Bonchev–Trinajstić information content (AvgIpc) is 3.03. The van der Waals surface area contributed by atoms with Gasteiger partial charge in [0, 0.05) is 11.6 Å². The fourth-order valence-electron chi connectivity index (χ4n) is 3.67. The zero-order chi connectivity index (χ0) is 18.3. The summed E-state index contributed by atoms with van der Waals surface area (Å²) in [5, 5.41) is 8.95. The fraction of sp³-hybridized carbons (Fsp3) is 0.300. The number of hydrogen-bond acceptors (Lipinski definition) is 6. The molecule has 0 aliphatic carbocycles. The van der Waals surface area contributed by atoms with Crippen LogP contribution in [-0.2, 0) is 9.53 Å². The summed E-state index contributed by atoms with van der Waals surface area (Å²) in [7, 11) is 3.12. The first-order chi connectivity index (χ1) is 12.7. The number of nitrogens with zero attached hydrogens (tertiary/aromatic N) is 1. The number of hydrogen-bond donors (Lipinski definition) is 0. The highest BCUT2D eigenvalue weighted by Gasteiger charge is 2.49. The molecule has 2 aliphatic rings. The highest BCUT2D eigenvalue weighted by atomic mass is 16.6. The van der Waals surface area contributed by atoms with Gasteiger partial charge in [0.1, 0.15) is 11.9 Å². The normalized spacial score (nSPS) is 23.1. The third-order valence-corrected chi connectivity index (χ3v) is 4.97. The van der Waals surface area contributed by atoms with Crippen molar-refractivity contribution < 1.29 is 23.7 Å². The monoisotopic (exact) mass is 351 g/mol. The van der Waals surface area contributed by atoms with Gasteiger partial charge in [0.25, 0.3) is 0 Å². The lowest BCUT2D eigenvalue weighted by Crippen LogP contribution is -2.26. The zero-order valence-corrected chi connectivity index (χ0v) is 14.4. The molecule has 1 fully saturated rings. The van der Waals surface area contributed by atoms with Crippen LogP contribution in [0.1, 0.15) is 28.7 Å². The third-order valence-electron chi connectivity index (χ3n) is 4.97. The van der Waals surface area contributed by atoms with E-state index in [1.165, 1.54) is 0 Å². The van der Waals surface area contributed by atoms with Gasteiger partial charge in [-0.2, -0.15) is 5.26 Å². The van der Waals surface area contributed by atoms with Gasteiger partial charge in [-0.15, -0.1) is 0 Å². The van der Waals surface area contributed by atoms with Crippen LogP contribution in [0, 0.1) is 17.2 Å². The van der Waals surface area contributed by atoms with Gasteiger partial charge >= 0.3 is 5.97 Å². The van der Waals surface area contributed by atoms with E-state index in [-0.39, 0.29) is 11.9 Å². The minimum atomic E-state index is -0.422. The van der Waals surface area contributed by atoms with Gasteiger partial charge in [0.05, 0.1) is 44.3 Å². The van der Waals surface area contributed by atoms with Crippen molar-refractivity contribution in [2.75, 3.05) is 20.8 Å². The van der Waals surface area contributed by atoms with E-state index in [0.29, 0.717) is 29.4 Å². The van der Waals surface area contributed by atoms with Gasteiger partial charge < -0.3 is 18.9 Å². The molecule has 0 aromatic heterocycles. The maximum atomic E-state index is 12.6. The summed E-state index contributed by atoms with van der Waals surface area (Å²) in [6, 6.07) is 12.7. The van der Waals surface area contributed by atoms with E-state index in [9.17, 15) is 4.79 Å². The number of nitriles is 1. The van der Waals surface area contributed by atoms with Crippen molar-refractivity contribution in [2.45, 2.75) is 12.0 Å². The molecule has 0 N–H and O–H groups in total. The first-order valence-corrected chi connectivity index (χ1v) is 8.25. The molecule has 132 valence electrons. The topological polar surface area (TPSA) is 77.8 Å². The third kappa shape index (κ3) is 2.44. The Morgan fingerprint density at radius 1 is 1.12 bits per heavy atom. The van der Waals surface area contributed by atoms with Crippen molar-refractivity contribution in [2.24, 2.45) is 5.92 Å². The lowest BCUT2D eigenvalue weighted by molar-refractivity contribution is -0.143. The summed E-state index contributed by atoms with van der Waals surface area (Å²) in [6.07, 6.45) is -0.397. The summed E-state index contributed by atoms with van der Waals surface area (Å²) in [5.74, 6) is 0.925. The number of rotatable bonds is 3. The molecule has 2 heterocycles.